The second-order valence-corrected chi connectivity index (χ2v) is 6.07. The predicted molar refractivity (Wildman–Crippen MR) is 85.3 cm³/mol. The number of aliphatic imine (C=N–C) groups is 1. The number of ether oxygens (including phenoxy) is 1. The molecule has 1 saturated heterocycles. The van der Waals surface area contributed by atoms with Crippen LogP contribution in [0.5, 0.6) is 0 Å². The first-order valence-corrected chi connectivity index (χ1v) is 7.95. The Kier molecular flexibility index (Phi) is 4.76. The molecule has 1 aliphatic carbocycles. The lowest BCUT2D eigenvalue weighted by Gasteiger charge is -2.21. The molecule has 2 fully saturated rings. The van der Waals surface area contributed by atoms with Crippen LogP contribution in [-0.4, -0.2) is 43.6 Å². The Morgan fingerprint density at radius 1 is 1.29 bits per heavy atom. The molecule has 0 spiro atoms. The largest absolute Gasteiger partial charge is 0.376 e. The predicted octanol–water partition coefficient (Wildman–Crippen LogP) is 2.26. The summed E-state index contributed by atoms with van der Waals surface area (Å²) in [5, 5.41) is 3.52. The quantitative estimate of drug-likeness (QED) is 0.667. The molecule has 1 unspecified atom stereocenters. The number of likely N-dealkylation sites (tertiary alicyclic amines) is 1. The van der Waals surface area contributed by atoms with Crippen molar-refractivity contribution < 1.29 is 4.74 Å². The zero-order valence-electron chi connectivity index (χ0n) is 12.8. The zero-order valence-corrected chi connectivity index (χ0v) is 12.8. The average Bonchev–Trinajstić information content (AvgIpc) is 3.23. The van der Waals surface area contributed by atoms with Crippen LogP contribution in [0, 0.1) is 5.92 Å². The van der Waals surface area contributed by atoms with Gasteiger partial charge in [0.05, 0.1) is 13.2 Å². The molecule has 4 heteroatoms. The number of guanidine groups is 1. The number of nitrogens with zero attached hydrogens (tertiary/aromatic N) is 2. The molecule has 114 valence electrons. The van der Waals surface area contributed by atoms with Gasteiger partial charge in [-0.1, -0.05) is 30.3 Å². The van der Waals surface area contributed by atoms with E-state index in [-0.39, 0.29) is 0 Å². The van der Waals surface area contributed by atoms with Gasteiger partial charge >= 0.3 is 0 Å². The Balaban J connectivity index is 1.40. The maximum Gasteiger partial charge on any atom is 0.193 e. The van der Waals surface area contributed by atoms with E-state index in [9.17, 15) is 0 Å². The van der Waals surface area contributed by atoms with Gasteiger partial charge < -0.3 is 15.0 Å². The summed E-state index contributed by atoms with van der Waals surface area (Å²) in [6, 6.07) is 11.0. The summed E-state index contributed by atoms with van der Waals surface area (Å²) in [7, 11) is 1.88. The van der Waals surface area contributed by atoms with Crippen molar-refractivity contribution in [2.24, 2.45) is 10.9 Å². The lowest BCUT2D eigenvalue weighted by atomic mass is 10.1. The Morgan fingerprint density at radius 3 is 2.81 bits per heavy atom. The summed E-state index contributed by atoms with van der Waals surface area (Å²) in [5.41, 5.74) is 1.25. The second-order valence-electron chi connectivity index (χ2n) is 6.07. The minimum Gasteiger partial charge on any atom is -0.376 e. The van der Waals surface area contributed by atoms with Crippen molar-refractivity contribution in [2.75, 3.05) is 26.7 Å². The smallest absolute Gasteiger partial charge is 0.193 e. The van der Waals surface area contributed by atoms with Crippen LogP contribution in [0.25, 0.3) is 0 Å². The molecule has 1 aromatic carbocycles. The summed E-state index contributed by atoms with van der Waals surface area (Å²) in [6.07, 6.45) is 3.77. The fraction of sp³-hybridized carbons (Fsp3) is 0.588. The van der Waals surface area contributed by atoms with E-state index in [2.05, 4.69) is 39.5 Å². The van der Waals surface area contributed by atoms with E-state index < -0.39 is 0 Å². The van der Waals surface area contributed by atoms with Crippen LogP contribution >= 0.6 is 0 Å². The molecule has 1 saturated carbocycles. The molecular formula is C17H25N3O. The van der Waals surface area contributed by atoms with Gasteiger partial charge in [0, 0.05) is 32.1 Å². The van der Waals surface area contributed by atoms with Crippen LogP contribution in [0.4, 0.5) is 0 Å². The number of benzene rings is 1. The highest BCUT2D eigenvalue weighted by Gasteiger charge is 2.29. The molecule has 0 amide bonds. The van der Waals surface area contributed by atoms with Crippen molar-refractivity contribution >= 4 is 5.96 Å². The minimum atomic E-state index is 0.617. The topological polar surface area (TPSA) is 36.9 Å². The maximum atomic E-state index is 5.87. The standard InChI is InChI=1S/C17H25N3O/c1-18-17(19-16-7-8-16)20-10-9-15(11-20)13-21-12-14-5-3-2-4-6-14/h2-6,15-16H,7-13H2,1H3,(H,18,19). The number of rotatable bonds is 5. The molecule has 2 aliphatic rings. The van der Waals surface area contributed by atoms with Gasteiger partial charge in [0.25, 0.3) is 0 Å². The van der Waals surface area contributed by atoms with E-state index in [1.807, 2.05) is 13.1 Å². The molecule has 0 aromatic heterocycles. The fourth-order valence-corrected chi connectivity index (χ4v) is 2.79. The van der Waals surface area contributed by atoms with E-state index in [1.165, 1.54) is 24.8 Å². The lowest BCUT2D eigenvalue weighted by Crippen LogP contribution is -2.41. The monoisotopic (exact) mass is 287 g/mol. The van der Waals surface area contributed by atoms with Crippen molar-refractivity contribution in [3.63, 3.8) is 0 Å². The molecule has 3 rings (SSSR count). The third kappa shape index (κ3) is 4.21. The number of hydrogen-bond donors (Lipinski definition) is 1. The third-order valence-corrected chi connectivity index (χ3v) is 4.17. The number of nitrogens with one attached hydrogen (secondary N) is 1. The molecule has 1 atom stereocenters. The van der Waals surface area contributed by atoms with Crippen molar-refractivity contribution in [1.82, 2.24) is 10.2 Å². The van der Waals surface area contributed by atoms with Gasteiger partial charge in [-0.05, 0) is 24.8 Å². The highest BCUT2D eigenvalue weighted by atomic mass is 16.5. The summed E-state index contributed by atoms with van der Waals surface area (Å²) in [6.45, 7) is 3.70. The van der Waals surface area contributed by atoms with Crippen molar-refractivity contribution in [1.29, 1.82) is 0 Å². The third-order valence-electron chi connectivity index (χ3n) is 4.17. The van der Waals surface area contributed by atoms with E-state index >= 15 is 0 Å². The normalized spacial score (nSPS) is 22.6. The molecule has 1 N–H and O–H groups in total. The highest BCUT2D eigenvalue weighted by Crippen LogP contribution is 2.21. The lowest BCUT2D eigenvalue weighted by molar-refractivity contribution is 0.0906. The van der Waals surface area contributed by atoms with Crippen molar-refractivity contribution in [3.05, 3.63) is 35.9 Å². The molecule has 1 aliphatic heterocycles. The van der Waals surface area contributed by atoms with E-state index in [1.54, 1.807) is 0 Å². The Hall–Kier alpha value is -1.55. The van der Waals surface area contributed by atoms with Crippen LogP contribution in [-0.2, 0) is 11.3 Å². The van der Waals surface area contributed by atoms with Gasteiger partial charge in [0.1, 0.15) is 0 Å². The first-order chi connectivity index (χ1) is 10.3. The van der Waals surface area contributed by atoms with Crippen molar-refractivity contribution in [2.45, 2.75) is 31.9 Å². The highest BCUT2D eigenvalue weighted by molar-refractivity contribution is 5.80. The second kappa shape index (κ2) is 6.94. The van der Waals surface area contributed by atoms with E-state index in [0.717, 1.165) is 25.7 Å². The maximum absolute atomic E-state index is 5.87. The van der Waals surface area contributed by atoms with E-state index in [4.69, 9.17) is 4.74 Å². The van der Waals surface area contributed by atoms with Gasteiger partial charge in [-0.15, -0.1) is 0 Å². The van der Waals surface area contributed by atoms with Crippen LogP contribution in [0.2, 0.25) is 0 Å². The fourth-order valence-electron chi connectivity index (χ4n) is 2.79. The first-order valence-electron chi connectivity index (χ1n) is 7.95. The SMILES string of the molecule is CN=C(NC1CC1)N1CCC(COCc2ccccc2)C1. The Morgan fingerprint density at radius 2 is 2.10 bits per heavy atom. The molecule has 1 heterocycles. The van der Waals surface area contributed by atoms with Gasteiger partial charge in [0.2, 0.25) is 0 Å². The van der Waals surface area contributed by atoms with E-state index in [0.29, 0.717) is 18.6 Å². The minimum absolute atomic E-state index is 0.617. The first kappa shape index (κ1) is 14.4. The Labute approximate surface area is 127 Å². The molecule has 21 heavy (non-hydrogen) atoms. The van der Waals surface area contributed by atoms with Gasteiger partial charge in [-0.2, -0.15) is 0 Å². The zero-order chi connectivity index (χ0) is 14.5. The van der Waals surface area contributed by atoms with Crippen LogP contribution in [0.3, 0.4) is 0 Å². The summed E-state index contributed by atoms with van der Waals surface area (Å²) < 4.78 is 5.87. The Bertz CT molecular complexity index is 470. The molecule has 0 bridgehead atoms. The van der Waals surface area contributed by atoms with Crippen LogP contribution in [0.15, 0.2) is 35.3 Å². The molecule has 4 nitrogen and oxygen atoms in total. The summed E-state index contributed by atoms with van der Waals surface area (Å²) >= 11 is 0. The molecular weight excluding hydrogens is 262 g/mol. The van der Waals surface area contributed by atoms with Crippen LogP contribution < -0.4 is 5.32 Å². The van der Waals surface area contributed by atoms with Gasteiger partial charge in [-0.25, -0.2) is 0 Å². The number of hydrogen-bond acceptors (Lipinski definition) is 2. The van der Waals surface area contributed by atoms with Crippen molar-refractivity contribution in [3.8, 4) is 0 Å². The summed E-state index contributed by atoms with van der Waals surface area (Å²) in [4.78, 5) is 6.77. The molecule has 0 radical (unpaired) electrons. The average molecular weight is 287 g/mol. The van der Waals surface area contributed by atoms with Crippen LogP contribution in [0.1, 0.15) is 24.8 Å². The van der Waals surface area contributed by atoms with Gasteiger partial charge in [0.15, 0.2) is 5.96 Å². The summed E-state index contributed by atoms with van der Waals surface area (Å²) in [5.74, 6) is 1.69. The van der Waals surface area contributed by atoms with Gasteiger partial charge in [-0.3, -0.25) is 4.99 Å². The molecule has 1 aromatic rings.